The number of amidine groups is 1. The fourth-order valence-corrected chi connectivity index (χ4v) is 2.70. The summed E-state index contributed by atoms with van der Waals surface area (Å²) in [5.74, 6) is 1.25. The first kappa shape index (κ1) is 12.2. The van der Waals surface area contributed by atoms with Gasteiger partial charge in [-0.15, -0.1) is 0 Å². The van der Waals surface area contributed by atoms with Crippen LogP contribution in [0.5, 0.6) is 0 Å². The molecule has 1 radical (unpaired) electrons. The van der Waals surface area contributed by atoms with Crippen molar-refractivity contribution in [1.82, 2.24) is 4.90 Å². The molecule has 17 heavy (non-hydrogen) atoms. The summed E-state index contributed by atoms with van der Waals surface area (Å²) in [6.45, 7) is 5.67. The molecule has 2 heteroatoms. The van der Waals surface area contributed by atoms with Crippen molar-refractivity contribution >= 4 is 11.5 Å². The molecule has 1 heterocycles. The quantitative estimate of drug-likeness (QED) is 0.772. The van der Waals surface area contributed by atoms with Gasteiger partial charge in [0.05, 0.1) is 5.69 Å². The fourth-order valence-electron chi connectivity index (χ4n) is 2.70. The van der Waals surface area contributed by atoms with Gasteiger partial charge in [-0.2, -0.15) is 0 Å². The topological polar surface area (TPSA) is 15.6 Å². The lowest BCUT2D eigenvalue weighted by Crippen LogP contribution is -2.31. The summed E-state index contributed by atoms with van der Waals surface area (Å²) in [6, 6.07) is 11.0. The Morgan fingerprint density at radius 1 is 1.41 bits per heavy atom. The van der Waals surface area contributed by atoms with Crippen molar-refractivity contribution in [3.8, 4) is 0 Å². The number of nitrogens with zero attached hydrogens (tertiary/aromatic N) is 2. The van der Waals surface area contributed by atoms with E-state index in [1.165, 1.54) is 25.1 Å². The number of hydrogen-bond donors (Lipinski definition) is 0. The maximum atomic E-state index is 4.85. The molecule has 1 aliphatic heterocycles. The largest absolute Gasteiger partial charge is 0.363 e. The Morgan fingerprint density at radius 2 is 2.18 bits per heavy atom. The Hall–Kier alpha value is -1.31. The van der Waals surface area contributed by atoms with Crippen molar-refractivity contribution in [1.29, 1.82) is 0 Å². The normalized spacial score (nSPS) is 21.1. The van der Waals surface area contributed by atoms with Crippen LogP contribution < -0.4 is 0 Å². The van der Waals surface area contributed by atoms with E-state index in [1.54, 1.807) is 0 Å². The zero-order valence-corrected chi connectivity index (χ0v) is 11.0. The van der Waals surface area contributed by atoms with Gasteiger partial charge in [-0.3, -0.25) is 0 Å². The summed E-state index contributed by atoms with van der Waals surface area (Å²) in [5.41, 5.74) is 1.30. The molecule has 0 saturated carbocycles. The van der Waals surface area contributed by atoms with E-state index in [0.29, 0.717) is 0 Å². The van der Waals surface area contributed by atoms with Crippen LogP contribution in [0.4, 0.5) is 5.69 Å². The van der Waals surface area contributed by atoms with E-state index in [9.17, 15) is 0 Å². The van der Waals surface area contributed by atoms with Crippen molar-refractivity contribution in [2.24, 2.45) is 10.4 Å². The van der Waals surface area contributed by atoms with Gasteiger partial charge in [0.1, 0.15) is 5.84 Å². The van der Waals surface area contributed by atoms with Crippen molar-refractivity contribution in [2.75, 3.05) is 13.6 Å². The van der Waals surface area contributed by atoms with Crippen LogP contribution in [-0.4, -0.2) is 24.3 Å². The lowest BCUT2D eigenvalue weighted by Gasteiger charge is -2.28. The van der Waals surface area contributed by atoms with E-state index < -0.39 is 0 Å². The fraction of sp³-hybridized carbons (Fsp3) is 0.533. The highest BCUT2D eigenvalue weighted by molar-refractivity contribution is 5.91. The standard InChI is InChI=1S/C15H21N2/c1-4-15(5-2)11-12-17(3)14(15)16-13-9-7-6-8-10-13/h6-7,9-10H,4-5,11-12H2,1-3H3. The van der Waals surface area contributed by atoms with Crippen LogP contribution in [-0.2, 0) is 0 Å². The van der Waals surface area contributed by atoms with Crippen molar-refractivity contribution in [2.45, 2.75) is 33.1 Å². The highest BCUT2D eigenvalue weighted by Gasteiger charge is 2.39. The molecule has 0 N–H and O–H groups in total. The van der Waals surface area contributed by atoms with Gasteiger partial charge in [-0.25, -0.2) is 4.99 Å². The van der Waals surface area contributed by atoms with Crippen LogP contribution >= 0.6 is 0 Å². The lowest BCUT2D eigenvalue weighted by molar-refractivity contribution is 0.391. The highest BCUT2D eigenvalue weighted by atomic mass is 15.2. The Kier molecular flexibility index (Phi) is 3.51. The molecule has 0 aromatic heterocycles. The van der Waals surface area contributed by atoms with Gasteiger partial charge in [0.25, 0.3) is 0 Å². The van der Waals surface area contributed by atoms with Crippen LogP contribution in [0.3, 0.4) is 0 Å². The predicted octanol–water partition coefficient (Wildman–Crippen LogP) is 3.66. The minimum Gasteiger partial charge on any atom is -0.363 e. The summed E-state index contributed by atoms with van der Waals surface area (Å²) < 4.78 is 0. The first-order valence-electron chi connectivity index (χ1n) is 6.48. The Bertz CT molecular complexity index is 391. The summed E-state index contributed by atoms with van der Waals surface area (Å²) >= 11 is 0. The van der Waals surface area contributed by atoms with E-state index in [0.717, 1.165) is 12.2 Å². The molecule has 0 aliphatic carbocycles. The van der Waals surface area contributed by atoms with E-state index in [4.69, 9.17) is 4.99 Å². The Balaban J connectivity index is 2.37. The van der Waals surface area contributed by atoms with E-state index >= 15 is 0 Å². The maximum absolute atomic E-state index is 4.85. The molecule has 2 nitrogen and oxygen atoms in total. The highest BCUT2D eigenvalue weighted by Crippen LogP contribution is 2.39. The second kappa shape index (κ2) is 4.91. The van der Waals surface area contributed by atoms with Crippen LogP contribution in [0.1, 0.15) is 33.1 Å². The summed E-state index contributed by atoms with van der Waals surface area (Å²) in [7, 11) is 2.15. The molecular formula is C15H21N2. The third-order valence-corrected chi connectivity index (χ3v) is 4.04. The average Bonchev–Trinajstić information content (AvgIpc) is 2.69. The molecular weight excluding hydrogens is 208 g/mol. The third-order valence-electron chi connectivity index (χ3n) is 4.04. The molecule has 2 rings (SSSR count). The van der Waals surface area contributed by atoms with Gasteiger partial charge in [-0.1, -0.05) is 26.0 Å². The Labute approximate surface area is 104 Å². The summed E-state index contributed by atoms with van der Waals surface area (Å²) in [6.07, 6.45) is 3.57. The minimum absolute atomic E-state index is 0.282. The molecule has 0 spiro atoms. The van der Waals surface area contributed by atoms with Gasteiger partial charge in [-0.05, 0) is 37.5 Å². The number of hydrogen-bond acceptors (Lipinski definition) is 1. The van der Waals surface area contributed by atoms with Gasteiger partial charge < -0.3 is 4.90 Å². The first-order chi connectivity index (χ1) is 8.22. The smallest absolute Gasteiger partial charge is 0.111 e. The van der Waals surface area contributed by atoms with E-state index in [-0.39, 0.29) is 5.41 Å². The second-order valence-corrected chi connectivity index (χ2v) is 4.86. The van der Waals surface area contributed by atoms with Gasteiger partial charge >= 0.3 is 0 Å². The van der Waals surface area contributed by atoms with E-state index in [1.807, 2.05) is 24.3 Å². The minimum atomic E-state index is 0.282. The lowest BCUT2D eigenvalue weighted by atomic mass is 9.80. The molecule has 0 bridgehead atoms. The molecule has 0 amide bonds. The monoisotopic (exact) mass is 229 g/mol. The molecule has 0 unspecified atom stereocenters. The first-order valence-corrected chi connectivity index (χ1v) is 6.48. The van der Waals surface area contributed by atoms with Crippen LogP contribution in [0.25, 0.3) is 0 Å². The Morgan fingerprint density at radius 3 is 2.76 bits per heavy atom. The number of likely N-dealkylation sites (tertiary alicyclic amines) is 1. The average molecular weight is 229 g/mol. The van der Waals surface area contributed by atoms with Gasteiger partial charge in [0.2, 0.25) is 0 Å². The van der Waals surface area contributed by atoms with Crippen LogP contribution in [0, 0.1) is 11.5 Å². The maximum Gasteiger partial charge on any atom is 0.111 e. The second-order valence-electron chi connectivity index (χ2n) is 4.86. The third kappa shape index (κ3) is 2.21. The molecule has 0 atom stereocenters. The van der Waals surface area contributed by atoms with Crippen LogP contribution in [0.15, 0.2) is 29.3 Å². The molecule has 1 fully saturated rings. The molecule has 1 saturated heterocycles. The van der Waals surface area contributed by atoms with Crippen LogP contribution in [0.2, 0.25) is 0 Å². The predicted molar refractivity (Wildman–Crippen MR) is 72.6 cm³/mol. The summed E-state index contributed by atoms with van der Waals surface area (Å²) in [5, 5.41) is 0. The zero-order chi connectivity index (χ0) is 12.3. The van der Waals surface area contributed by atoms with Crippen molar-refractivity contribution < 1.29 is 0 Å². The molecule has 1 aliphatic rings. The molecule has 91 valence electrons. The summed E-state index contributed by atoms with van der Waals surface area (Å²) in [4.78, 5) is 7.15. The SMILES string of the molecule is CCC1(CC)CCN(C)C1=Nc1c[c]ccc1. The number of aliphatic imine (C=N–C) groups is 1. The van der Waals surface area contributed by atoms with E-state index in [2.05, 4.69) is 31.9 Å². The van der Waals surface area contributed by atoms with Crippen molar-refractivity contribution in [3.05, 3.63) is 30.3 Å². The zero-order valence-electron chi connectivity index (χ0n) is 11.0. The van der Waals surface area contributed by atoms with Gasteiger partial charge in [0.15, 0.2) is 0 Å². The van der Waals surface area contributed by atoms with Crippen molar-refractivity contribution in [3.63, 3.8) is 0 Å². The van der Waals surface area contributed by atoms with Gasteiger partial charge in [0, 0.05) is 19.0 Å². The molecule has 1 aromatic carbocycles. The number of rotatable bonds is 3. The number of benzene rings is 1. The molecule has 1 aromatic rings.